The van der Waals surface area contributed by atoms with E-state index in [0.717, 1.165) is 5.56 Å². The van der Waals surface area contributed by atoms with E-state index in [4.69, 9.17) is 5.11 Å². The molecule has 18 heavy (non-hydrogen) atoms. The molecule has 6 heteroatoms. The third-order valence-corrected chi connectivity index (χ3v) is 3.31. The first-order chi connectivity index (χ1) is 8.41. The van der Waals surface area contributed by atoms with Crippen molar-refractivity contribution in [1.82, 2.24) is 10.6 Å². The molecule has 1 aromatic heterocycles. The Morgan fingerprint density at radius 1 is 1.28 bits per heavy atom. The van der Waals surface area contributed by atoms with Crippen LogP contribution in [0, 0.1) is 5.92 Å². The summed E-state index contributed by atoms with van der Waals surface area (Å²) in [5.41, 5.74) is 1.01. The smallest absolute Gasteiger partial charge is 0.326 e. The molecule has 5 nitrogen and oxygen atoms in total. The second-order valence-electron chi connectivity index (χ2n) is 4.46. The molecule has 0 bridgehead atoms. The molecule has 1 heterocycles. The number of amides is 2. The van der Waals surface area contributed by atoms with Gasteiger partial charge in [-0.05, 0) is 35.2 Å². The highest BCUT2D eigenvalue weighted by atomic mass is 32.1. The fraction of sp³-hybridized carbons (Fsp3) is 0.500. The molecule has 0 spiro atoms. The number of hydrogen-bond donors (Lipinski definition) is 3. The maximum atomic E-state index is 11.7. The molecule has 0 fully saturated rings. The van der Waals surface area contributed by atoms with Crippen LogP contribution in [0.5, 0.6) is 0 Å². The lowest BCUT2D eigenvalue weighted by atomic mass is 10.1. The molecule has 2 amide bonds. The summed E-state index contributed by atoms with van der Waals surface area (Å²) in [6.45, 7) is 5.36. The Labute approximate surface area is 110 Å². The number of aliphatic carboxylic acids is 1. The highest BCUT2D eigenvalue weighted by Gasteiger charge is 2.23. The van der Waals surface area contributed by atoms with E-state index in [-0.39, 0.29) is 12.0 Å². The average molecular weight is 270 g/mol. The highest BCUT2D eigenvalue weighted by molar-refractivity contribution is 7.07. The van der Waals surface area contributed by atoms with Crippen LogP contribution < -0.4 is 10.6 Å². The number of carbonyl (C=O) groups is 2. The molecule has 1 rings (SSSR count). The predicted molar refractivity (Wildman–Crippen MR) is 70.7 cm³/mol. The summed E-state index contributed by atoms with van der Waals surface area (Å²) in [6, 6.07) is 0.444. The van der Waals surface area contributed by atoms with Crippen LogP contribution in [0.4, 0.5) is 4.79 Å². The van der Waals surface area contributed by atoms with Gasteiger partial charge in [0.2, 0.25) is 0 Å². The van der Waals surface area contributed by atoms with Crippen molar-refractivity contribution in [1.29, 1.82) is 0 Å². The summed E-state index contributed by atoms with van der Waals surface area (Å²) in [4.78, 5) is 22.6. The SMILES string of the molecule is CC(NC(=O)N[C@H](C(=O)O)C(C)C)c1ccsc1. The first-order valence-electron chi connectivity index (χ1n) is 5.73. The topological polar surface area (TPSA) is 78.4 Å². The molecule has 0 saturated carbocycles. The van der Waals surface area contributed by atoms with Gasteiger partial charge in [0.15, 0.2) is 0 Å². The normalized spacial score (nSPS) is 14.0. The van der Waals surface area contributed by atoms with Gasteiger partial charge in [-0.1, -0.05) is 13.8 Å². The molecule has 3 N–H and O–H groups in total. The van der Waals surface area contributed by atoms with E-state index in [9.17, 15) is 9.59 Å². The lowest BCUT2D eigenvalue weighted by Crippen LogP contribution is -2.49. The Hall–Kier alpha value is -1.56. The zero-order chi connectivity index (χ0) is 13.7. The fourth-order valence-electron chi connectivity index (χ4n) is 1.50. The number of urea groups is 1. The Morgan fingerprint density at radius 3 is 2.39 bits per heavy atom. The van der Waals surface area contributed by atoms with Gasteiger partial charge in [-0.3, -0.25) is 0 Å². The number of nitrogens with one attached hydrogen (secondary N) is 2. The number of carbonyl (C=O) groups excluding carboxylic acids is 1. The van der Waals surface area contributed by atoms with E-state index < -0.39 is 18.0 Å². The van der Waals surface area contributed by atoms with Gasteiger partial charge in [-0.25, -0.2) is 9.59 Å². The van der Waals surface area contributed by atoms with Crippen LogP contribution in [0.1, 0.15) is 32.4 Å². The van der Waals surface area contributed by atoms with Crippen molar-refractivity contribution in [2.24, 2.45) is 5.92 Å². The first kappa shape index (κ1) is 14.5. The van der Waals surface area contributed by atoms with Crippen molar-refractivity contribution < 1.29 is 14.7 Å². The van der Waals surface area contributed by atoms with Gasteiger partial charge in [0.25, 0.3) is 0 Å². The molecule has 0 aliphatic carbocycles. The van der Waals surface area contributed by atoms with Crippen LogP contribution >= 0.6 is 11.3 Å². The summed E-state index contributed by atoms with van der Waals surface area (Å²) in [7, 11) is 0. The molecular weight excluding hydrogens is 252 g/mol. The lowest BCUT2D eigenvalue weighted by molar-refractivity contribution is -0.140. The summed E-state index contributed by atoms with van der Waals surface area (Å²) in [6.07, 6.45) is 0. The van der Waals surface area contributed by atoms with Gasteiger partial charge in [0.05, 0.1) is 6.04 Å². The van der Waals surface area contributed by atoms with E-state index in [1.807, 2.05) is 23.8 Å². The summed E-state index contributed by atoms with van der Waals surface area (Å²) in [5.74, 6) is -1.19. The Kier molecular flexibility index (Phi) is 5.15. The molecular formula is C12H18N2O3S. The van der Waals surface area contributed by atoms with E-state index in [1.165, 1.54) is 0 Å². The average Bonchev–Trinajstić information content (AvgIpc) is 2.78. The number of carboxylic acids is 1. The summed E-state index contributed by atoms with van der Waals surface area (Å²) >= 11 is 1.55. The zero-order valence-corrected chi connectivity index (χ0v) is 11.5. The minimum atomic E-state index is -1.02. The van der Waals surface area contributed by atoms with Crippen molar-refractivity contribution in [3.8, 4) is 0 Å². The summed E-state index contributed by atoms with van der Waals surface area (Å²) < 4.78 is 0. The van der Waals surface area contributed by atoms with Crippen LogP contribution in [-0.4, -0.2) is 23.1 Å². The number of hydrogen-bond acceptors (Lipinski definition) is 3. The fourth-order valence-corrected chi connectivity index (χ4v) is 2.25. The monoisotopic (exact) mass is 270 g/mol. The third-order valence-electron chi connectivity index (χ3n) is 2.61. The third kappa shape index (κ3) is 4.03. The van der Waals surface area contributed by atoms with Gasteiger partial charge >= 0.3 is 12.0 Å². The quantitative estimate of drug-likeness (QED) is 0.767. The van der Waals surface area contributed by atoms with Crippen LogP contribution in [0.3, 0.4) is 0 Å². The van der Waals surface area contributed by atoms with Gasteiger partial charge < -0.3 is 15.7 Å². The van der Waals surface area contributed by atoms with Gasteiger partial charge in [0, 0.05) is 0 Å². The molecule has 1 unspecified atom stereocenters. The van der Waals surface area contributed by atoms with E-state index in [2.05, 4.69) is 10.6 Å². The van der Waals surface area contributed by atoms with E-state index in [0.29, 0.717) is 0 Å². The van der Waals surface area contributed by atoms with Gasteiger partial charge in [0.1, 0.15) is 6.04 Å². The van der Waals surface area contributed by atoms with Crippen molar-refractivity contribution in [2.45, 2.75) is 32.9 Å². The van der Waals surface area contributed by atoms with Crippen LogP contribution in [-0.2, 0) is 4.79 Å². The van der Waals surface area contributed by atoms with Crippen LogP contribution in [0.25, 0.3) is 0 Å². The van der Waals surface area contributed by atoms with Crippen molar-refractivity contribution >= 4 is 23.3 Å². The molecule has 0 aromatic carbocycles. The maximum absolute atomic E-state index is 11.7. The van der Waals surface area contributed by atoms with Crippen LogP contribution in [0.15, 0.2) is 16.8 Å². The predicted octanol–water partition coefficient (Wildman–Crippen LogP) is 2.22. The van der Waals surface area contributed by atoms with E-state index in [1.54, 1.807) is 25.2 Å². The second kappa shape index (κ2) is 6.39. The molecule has 0 saturated heterocycles. The number of thiophene rings is 1. The number of carboxylic acid groups (broad SMARTS) is 1. The highest BCUT2D eigenvalue weighted by Crippen LogP contribution is 2.15. The first-order valence-corrected chi connectivity index (χ1v) is 6.68. The molecule has 0 aliphatic rings. The molecule has 100 valence electrons. The van der Waals surface area contributed by atoms with Gasteiger partial charge in [-0.15, -0.1) is 0 Å². The van der Waals surface area contributed by atoms with Crippen LogP contribution in [0.2, 0.25) is 0 Å². The minimum Gasteiger partial charge on any atom is -0.480 e. The summed E-state index contributed by atoms with van der Waals surface area (Å²) in [5, 5.41) is 18.0. The zero-order valence-electron chi connectivity index (χ0n) is 10.6. The number of rotatable bonds is 5. The molecule has 2 atom stereocenters. The largest absolute Gasteiger partial charge is 0.480 e. The minimum absolute atomic E-state index is 0.141. The van der Waals surface area contributed by atoms with Crippen molar-refractivity contribution in [3.63, 3.8) is 0 Å². The Bertz CT molecular complexity index is 403. The maximum Gasteiger partial charge on any atom is 0.326 e. The molecule has 0 radical (unpaired) electrons. The Balaban J connectivity index is 2.53. The second-order valence-corrected chi connectivity index (χ2v) is 5.24. The Morgan fingerprint density at radius 2 is 1.94 bits per heavy atom. The van der Waals surface area contributed by atoms with Crippen molar-refractivity contribution in [2.75, 3.05) is 0 Å². The molecule has 1 aromatic rings. The van der Waals surface area contributed by atoms with Gasteiger partial charge in [-0.2, -0.15) is 11.3 Å². The van der Waals surface area contributed by atoms with E-state index >= 15 is 0 Å². The lowest BCUT2D eigenvalue weighted by Gasteiger charge is -2.20. The van der Waals surface area contributed by atoms with Crippen molar-refractivity contribution in [3.05, 3.63) is 22.4 Å². The molecule has 0 aliphatic heterocycles. The standard InChI is InChI=1S/C12H18N2O3S/c1-7(2)10(11(15)16)14-12(17)13-8(3)9-4-5-18-6-9/h4-8,10H,1-3H3,(H,15,16)(H2,13,14,17)/t8?,10-/m0/s1.